The summed E-state index contributed by atoms with van der Waals surface area (Å²) in [5, 5.41) is 4.64. The van der Waals surface area contributed by atoms with Crippen molar-refractivity contribution in [3.63, 3.8) is 0 Å². The van der Waals surface area contributed by atoms with Crippen LogP contribution >= 0.6 is 11.3 Å². The van der Waals surface area contributed by atoms with E-state index in [1.165, 1.54) is 16.9 Å². The number of carbonyl (C=O) groups excluding carboxylic acids is 1. The Hall–Kier alpha value is -0.870. The summed E-state index contributed by atoms with van der Waals surface area (Å²) < 4.78 is 0. The fourth-order valence-electron chi connectivity index (χ4n) is 1.39. The molecule has 1 amide bonds. The molecule has 1 fully saturated rings. The van der Waals surface area contributed by atoms with Crippen LogP contribution in [0.4, 0.5) is 0 Å². The summed E-state index contributed by atoms with van der Waals surface area (Å²) in [6, 6.07) is 2.26. The van der Waals surface area contributed by atoms with Crippen LogP contribution in [0.25, 0.3) is 0 Å². The quantitative estimate of drug-likeness (QED) is 0.739. The van der Waals surface area contributed by atoms with Crippen LogP contribution in [-0.4, -0.2) is 19.0 Å². The molecule has 3 nitrogen and oxygen atoms in total. The van der Waals surface area contributed by atoms with E-state index in [0.29, 0.717) is 12.0 Å². The fourth-order valence-corrected chi connectivity index (χ4v) is 2.30. The molecule has 13 heavy (non-hydrogen) atoms. The average molecular weight is 196 g/mol. The van der Waals surface area contributed by atoms with E-state index in [9.17, 15) is 4.79 Å². The van der Waals surface area contributed by atoms with Gasteiger partial charge >= 0.3 is 0 Å². The maximum atomic E-state index is 11.2. The molecule has 1 saturated carbocycles. The van der Waals surface area contributed by atoms with Gasteiger partial charge in [0.2, 0.25) is 0 Å². The lowest BCUT2D eigenvalue weighted by atomic mass is 10.2. The number of hydrogen-bond donors (Lipinski definition) is 2. The molecule has 1 aliphatic carbocycles. The third kappa shape index (κ3) is 1.59. The molecule has 2 rings (SSSR count). The summed E-state index contributed by atoms with van der Waals surface area (Å²) in [7, 11) is 1.64. The highest BCUT2D eigenvalue weighted by Crippen LogP contribution is 2.40. The monoisotopic (exact) mass is 196 g/mol. The van der Waals surface area contributed by atoms with Crippen molar-refractivity contribution in [3.05, 3.63) is 21.9 Å². The van der Waals surface area contributed by atoms with Crippen LogP contribution in [0.2, 0.25) is 0 Å². The zero-order chi connectivity index (χ0) is 9.42. The minimum atomic E-state index is -0.00882. The Morgan fingerprint density at radius 2 is 2.46 bits per heavy atom. The molecule has 0 aromatic carbocycles. The lowest BCUT2D eigenvalue weighted by Crippen LogP contribution is -2.16. The first-order valence-electron chi connectivity index (χ1n) is 4.28. The predicted octanol–water partition coefficient (Wildman–Crippen LogP) is 0.922. The number of thiophene rings is 1. The highest BCUT2D eigenvalue weighted by Gasteiger charge is 2.35. The third-order valence-corrected chi connectivity index (χ3v) is 3.29. The summed E-state index contributed by atoms with van der Waals surface area (Å²) in [6.45, 7) is 0. The smallest absolute Gasteiger partial charge is 0.261 e. The second-order valence-corrected chi connectivity index (χ2v) is 4.24. The average Bonchev–Trinajstić information content (AvgIpc) is 2.70. The van der Waals surface area contributed by atoms with Gasteiger partial charge in [-0.2, -0.15) is 0 Å². The molecule has 2 atom stereocenters. The van der Waals surface area contributed by atoms with E-state index in [0.717, 1.165) is 11.3 Å². The van der Waals surface area contributed by atoms with Crippen LogP contribution in [-0.2, 0) is 0 Å². The van der Waals surface area contributed by atoms with Crippen LogP contribution in [0.5, 0.6) is 0 Å². The summed E-state index contributed by atoms with van der Waals surface area (Å²) in [6.07, 6.45) is 1.06. The maximum absolute atomic E-state index is 11.2. The molecule has 1 aromatic rings. The normalized spacial score (nSPS) is 25.7. The first kappa shape index (κ1) is 8.72. The molecule has 0 radical (unpaired) electrons. The van der Waals surface area contributed by atoms with Crippen molar-refractivity contribution >= 4 is 17.2 Å². The minimum Gasteiger partial charge on any atom is -0.354 e. The Balaban J connectivity index is 2.14. The second-order valence-electron chi connectivity index (χ2n) is 3.33. The van der Waals surface area contributed by atoms with Gasteiger partial charge in [-0.25, -0.2) is 0 Å². The molecular formula is C9H12N2OS. The molecule has 1 heterocycles. The van der Waals surface area contributed by atoms with Crippen molar-refractivity contribution in [2.75, 3.05) is 7.05 Å². The number of carbonyl (C=O) groups is 1. The second kappa shape index (κ2) is 3.12. The van der Waals surface area contributed by atoms with Gasteiger partial charge in [-0.05, 0) is 23.4 Å². The van der Waals surface area contributed by atoms with Crippen molar-refractivity contribution in [3.8, 4) is 0 Å². The largest absolute Gasteiger partial charge is 0.354 e. The lowest BCUT2D eigenvalue weighted by Gasteiger charge is -1.92. The molecule has 2 unspecified atom stereocenters. The molecule has 0 aliphatic heterocycles. The van der Waals surface area contributed by atoms with Crippen molar-refractivity contribution in [2.45, 2.75) is 18.4 Å². The third-order valence-electron chi connectivity index (χ3n) is 2.34. The standard InChI is InChI=1S/C9H12N2OS/c1-11-9(12)8-2-5(4-13-8)6-3-7(6)10/h2,4,6-7H,3,10H2,1H3,(H,11,12). The molecule has 0 spiro atoms. The zero-order valence-corrected chi connectivity index (χ0v) is 8.23. The molecule has 1 aliphatic rings. The van der Waals surface area contributed by atoms with Crippen LogP contribution < -0.4 is 11.1 Å². The van der Waals surface area contributed by atoms with E-state index in [4.69, 9.17) is 5.73 Å². The van der Waals surface area contributed by atoms with Gasteiger partial charge in [0.05, 0.1) is 4.88 Å². The fraction of sp³-hybridized carbons (Fsp3) is 0.444. The first-order valence-corrected chi connectivity index (χ1v) is 5.16. The van der Waals surface area contributed by atoms with Crippen molar-refractivity contribution < 1.29 is 4.79 Å². The summed E-state index contributed by atoms with van der Waals surface area (Å²) in [5.74, 6) is 0.486. The Morgan fingerprint density at radius 1 is 1.77 bits per heavy atom. The van der Waals surface area contributed by atoms with Crippen molar-refractivity contribution in [1.29, 1.82) is 0 Å². The van der Waals surface area contributed by atoms with Crippen molar-refractivity contribution in [2.24, 2.45) is 5.73 Å². The van der Waals surface area contributed by atoms with Gasteiger partial charge in [0, 0.05) is 19.0 Å². The van der Waals surface area contributed by atoms with E-state index >= 15 is 0 Å². The van der Waals surface area contributed by atoms with Gasteiger partial charge in [0.15, 0.2) is 0 Å². The highest BCUT2D eigenvalue weighted by molar-refractivity contribution is 7.12. The number of nitrogens with two attached hydrogens (primary N) is 1. The van der Waals surface area contributed by atoms with Crippen molar-refractivity contribution in [1.82, 2.24) is 5.32 Å². The lowest BCUT2D eigenvalue weighted by molar-refractivity contribution is 0.0967. The highest BCUT2D eigenvalue weighted by atomic mass is 32.1. The molecule has 0 saturated heterocycles. The van der Waals surface area contributed by atoms with Gasteiger partial charge in [0.25, 0.3) is 5.91 Å². The maximum Gasteiger partial charge on any atom is 0.261 e. The molecule has 70 valence electrons. The molecule has 1 aromatic heterocycles. The Kier molecular flexibility index (Phi) is 2.09. The Bertz CT molecular complexity index is 334. The number of rotatable bonds is 2. The Labute approximate surface area is 80.9 Å². The molecule has 4 heteroatoms. The SMILES string of the molecule is CNC(=O)c1cc(C2CC2N)cs1. The van der Waals surface area contributed by atoms with Crippen LogP contribution in [0, 0.1) is 0 Å². The van der Waals surface area contributed by atoms with E-state index in [-0.39, 0.29) is 5.91 Å². The number of amides is 1. The van der Waals surface area contributed by atoms with Crippen LogP contribution in [0.1, 0.15) is 27.6 Å². The van der Waals surface area contributed by atoms with Gasteiger partial charge in [-0.15, -0.1) is 11.3 Å². The summed E-state index contributed by atoms with van der Waals surface area (Å²) in [4.78, 5) is 12.0. The molecule has 0 bridgehead atoms. The van der Waals surface area contributed by atoms with E-state index in [2.05, 4.69) is 5.32 Å². The zero-order valence-electron chi connectivity index (χ0n) is 7.41. The van der Waals surface area contributed by atoms with E-state index in [1.54, 1.807) is 7.05 Å². The van der Waals surface area contributed by atoms with Gasteiger partial charge in [-0.3, -0.25) is 4.79 Å². The van der Waals surface area contributed by atoms with E-state index in [1.807, 2.05) is 11.4 Å². The predicted molar refractivity (Wildman–Crippen MR) is 53.0 cm³/mol. The van der Waals surface area contributed by atoms with E-state index < -0.39 is 0 Å². The van der Waals surface area contributed by atoms with Crippen LogP contribution in [0.3, 0.4) is 0 Å². The van der Waals surface area contributed by atoms with Gasteiger partial charge < -0.3 is 11.1 Å². The number of hydrogen-bond acceptors (Lipinski definition) is 3. The minimum absolute atomic E-state index is 0.00882. The summed E-state index contributed by atoms with van der Waals surface area (Å²) >= 11 is 1.48. The number of nitrogens with one attached hydrogen (secondary N) is 1. The topological polar surface area (TPSA) is 55.1 Å². The Morgan fingerprint density at radius 3 is 3.00 bits per heavy atom. The molecular weight excluding hydrogens is 184 g/mol. The van der Waals surface area contributed by atoms with Gasteiger partial charge in [-0.1, -0.05) is 0 Å². The molecule has 3 N–H and O–H groups in total. The van der Waals surface area contributed by atoms with Gasteiger partial charge in [0.1, 0.15) is 0 Å². The first-order chi connectivity index (χ1) is 6.22. The van der Waals surface area contributed by atoms with Crippen LogP contribution in [0.15, 0.2) is 11.4 Å². The summed E-state index contributed by atoms with van der Waals surface area (Å²) in [5.41, 5.74) is 6.94.